The molecular weight excluding hydrogens is 254 g/mol. The Bertz CT molecular complexity index is 599. The summed E-state index contributed by atoms with van der Waals surface area (Å²) in [6.45, 7) is 2.50. The van der Waals surface area contributed by atoms with Crippen LogP contribution in [0, 0.1) is 0 Å². The summed E-state index contributed by atoms with van der Waals surface area (Å²) in [6.07, 6.45) is 0. The summed E-state index contributed by atoms with van der Waals surface area (Å²) in [7, 11) is 0. The van der Waals surface area contributed by atoms with Crippen LogP contribution in [0.15, 0.2) is 48.5 Å². The smallest absolute Gasteiger partial charge is 0.267 e. The fourth-order valence-electron chi connectivity index (χ4n) is 1.86. The average molecular weight is 271 g/mol. The van der Waals surface area contributed by atoms with Crippen molar-refractivity contribution < 1.29 is 9.53 Å². The largest absolute Gasteiger partial charge is 0.492 e. The van der Waals surface area contributed by atoms with Gasteiger partial charge < -0.3 is 10.1 Å². The van der Waals surface area contributed by atoms with Gasteiger partial charge in [-0.1, -0.05) is 24.3 Å². The molecule has 0 atom stereocenters. The number of anilines is 2. The molecule has 0 aliphatic heterocycles. The third-order valence-corrected chi connectivity index (χ3v) is 2.76. The first-order chi connectivity index (χ1) is 9.76. The maximum Gasteiger partial charge on any atom is 0.267 e. The van der Waals surface area contributed by atoms with Gasteiger partial charge in [-0.25, -0.2) is 5.84 Å². The number of rotatable bonds is 5. The molecule has 20 heavy (non-hydrogen) atoms. The lowest BCUT2D eigenvalue weighted by Crippen LogP contribution is -2.30. The van der Waals surface area contributed by atoms with Crippen molar-refractivity contribution in [2.45, 2.75) is 6.92 Å². The van der Waals surface area contributed by atoms with Gasteiger partial charge in [0.25, 0.3) is 5.91 Å². The van der Waals surface area contributed by atoms with Gasteiger partial charge in [0.15, 0.2) is 0 Å². The Balaban J connectivity index is 2.33. The van der Waals surface area contributed by atoms with Gasteiger partial charge in [0, 0.05) is 0 Å². The van der Waals surface area contributed by atoms with Crippen molar-refractivity contribution in [3.8, 4) is 5.75 Å². The normalized spacial score (nSPS) is 9.90. The molecule has 2 rings (SSSR count). The van der Waals surface area contributed by atoms with Gasteiger partial charge in [0.2, 0.25) is 0 Å². The average Bonchev–Trinajstić information content (AvgIpc) is 2.49. The molecule has 2 aromatic rings. The number of carbonyl (C=O) groups is 1. The van der Waals surface area contributed by atoms with E-state index in [1.54, 1.807) is 12.1 Å². The molecule has 0 fully saturated rings. The monoisotopic (exact) mass is 271 g/mol. The van der Waals surface area contributed by atoms with Crippen LogP contribution < -0.4 is 21.3 Å². The summed E-state index contributed by atoms with van der Waals surface area (Å²) in [5, 5.41) is 3.20. The zero-order chi connectivity index (χ0) is 14.4. The van der Waals surface area contributed by atoms with E-state index in [9.17, 15) is 4.79 Å². The number of para-hydroxylation sites is 3. The minimum absolute atomic E-state index is 0.345. The summed E-state index contributed by atoms with van der Waals surface area (Å²) in [5.74, 6) is 5.58. The van der Waals surface area contributed by atoms with Gasteiger partial charge in [0.05, 0.1) is 23.5 Å². The summed E-state index contributed by atoms with van der Waals surface area (Å²) >= 11 is 0. The molecular formula is C15H17N3O2. The topological polar surface area (TPSA) is 76.4 Å². The first kappa shape index (κ1) is 13.9. The number of ether oxygens (including phenoxy) is 1. The van der Waals surface area contributed by atoms with Crippen molar-refractivity contribution in [2.75, 3.05) is 11.9 Å². The van der Waals surface area contributed by atoms with Gasteiger partial charge in [-0.3, -0.25) is 10.2 Å². The number of hydrogen-bond acceptors (Lipinski definition) is 4. The van der Waals surface area contributed by atoms with E-state index in [0.717, 1.165) is 11.4 Å². The zero-order valence-electron chi connectivity index (χ0n) is 11.2. The maximum absolute atomic E-state index is 11.7. The van der Waals surface area contributed by atoms with E-state index in [4.69, 9.17) is 10.6 Å². The Labute approximate surface area is 117 Å². The first-order valence-corrected chi connectivity index (χ1v) is 6.35. The Hall–Kier alpha value is -2.53. The number of benzene rings is 2. The van der Waals surface area contributed by atoms with Crippen LogP contribution in [0.1, 0.15) is 17.3 Å². The molecule has 2 aromatic carbocycles. The molecule has 0 saturated heterocycles. The fraction of sp³-hybridized carbons (Fsp3) is 0.133. The molecule has 1 amide bonds. The van der Waals surface area contributed by atoms with Crippen LogP contribution in [-0.4, -0.2) is 12.5 Å². The van der Waals surface area contributed by atoms with E-state index >= 15 is 0 Å². The van der Waals surface area contributed by atoms with Crippen molar-refractivity contribution >= 4 is 17.3 Å². The molecule has 104 valence electrons. The molecule has 0 spiro atoms. The van der Waals surface area contributed by atoms with Crippen molar-refractivity contribution in [1.29, 1.82) is 0 Å². The van der Waals surface area contributed by atoms with Gasteiger partial charge >= 0.3 is 0 Å². The fourth-order valence-corrected chi connectivity index (χ4v) is 1.86. The number of nitrogen functional groups attached to an aromatic ring is 1. The Morgan fingerprint density at radius 3 is 2.45 bits per heavy atom. The van der Waals surface area contributed by atoms with Gasteiger partial charge in [-0.15, -0.1) is 0 Å². The van der Waals surface area contributed by atoms with Crippen molar-refractivity contribution in [1.82, 2.24) is 5.43 Å². The molecule has 0 bridgehead atoms. The second-order valence-corrected chi connectivity index (χ2v) is 4.07. The predicted octanol–water partition coefficient (Wildman–Crippen LogP) is 2.43. The number of amides is 1. The summed E-state index contributed by atoms with van der Waals surface area (Å²) in [6, 6.07) is 14.7. The van der Waals surface area contributed by atoms with Crippen LogP contribution in [0.3, 0.4) is 0 Å². The highest BCUT2D eigenvalue weighted by atomic mass is 16.5. The van der Waals surface area contributed by atoms with Gasteiger partial charge in [-0.05, 0) is 31.2 Å². The lowest BCUT2D eigenvalue weighted by Gasteiger charge is -2.14. The minimum atomic E-state index is -0.345. The zero-order valence-corrected chi connectivity index (χ0v) is 11.2. The van der Waals surface area contributed by atoms with Crippen molar-refractivity contribution in [3.63, 3.8) is 0 Å². The summed E-state index contributed by atoms with van der Waals surface area (Å²) < 4.78 is 5.55. The Morgan fingerprint density at radius 2 is 1.75 bits per heavy atom. The van der Waals surface area contributed by atoms with E-state index in [1.165, 1.54) is 0 Å². The quantitative estimate of drug-likeness (QED) is 0.443. The lowest BCUT2D eigenvalue weighted by molar-refractivity contribution is 0.0954. The van der Waals surface area contributed by atoms with E-state index in [1.807, 2.05) is 43.3 Å². The third kappa shape index (κ3) is 3.07. The van der Waals surface area contributed by atoms with Crippen LogP contribution in [0.2, 0.25) is 0 Å². The van der Waals surface area contributed by atoms with Crippen molar-refractivity contribution in [2.24, 2.45) is 5.84 Å². The third-order valence-electron chi connectivity index (χ3n) is 2.76. The highest BCUT2D eigenvalue weighted by molar-refractivity contribution is 6.00. The maximum atomic E-state index is 11.7. The molecule has 0 aromatic heterocycles. The second kappa shape index (κ2) is 6.58. The van der Waals surface area contributed by atoms with E-state index < -0.39 is 0 Å². The van der Waals surface area contributed by atoms with E-state index in [0.29, 0.717) is 17.9 Å². The van der Waals surface area contributed by atoms with E-state index in [-0.39, 0.29) is 5.91 Å². The number of hydrazine groups is 1. The minimum Gasteiger partial charge on any atom is -0.492 e. The molecule has 0 heterocycles. The predicted molar refractivity (Wildman–Crippen MR) is 79.0 cm³/mol. The highest BCUT2D eigenvalue weighted by Gasteiger charge is 2.11. The molecule has 0 unspecified atom stereocenters. The van der Waals surface area contributed by atoms with Crippen LogP contribution in [-0.2, 0) is 0 Å². The number of nitrogens with two attached hydrogens (primary N) is 1. The SMILES string of the molecule is CCOc1ccccc1Nc1ccccc1C(=O)NN. The summed E-state index contributed by atoms with van der Waals surface area (Å²) in [5.41, 5.74) is 4.08. The highest BCUT2D eigenvalue weighted by Crippen LogP contribution is 2.28. The number of hydrogen-bond donors (Lipinski definition) is 3. The summed E-state index contributed by atoms with van der Waals surface area (Å²) in [4.78, 5) is 11.7. The number of nitrogens with one attached hydrogen (secondary N) is 2. The number of carbonyl (C=O) groups excluding carboxylic acids is 1. The molecule has 5 nitrogen and oxygen atoms in total. The second-order valence-electron chi connectivity index (χ2n) is 4.07. The molecule has 0 aliphatic rings. The van der Waals surface area contributed by atoms with Gasteiger partial charge in [0.1, 0.15) is 5.75 Å². The molecule has 5 heteroatoms. The van der Waals surface area contributed by atoms with E-state index in [2.05, 4.69) is 10.7 Å². The molecule has 4 N–H and O–H groups in total. The Morgan fingerprint density at radius 1 is 1.10 bits per heavy atom. The van der Waals surface area contributed by atoms with Crippen LogP contribution >= 0.6 is 0 Å². The lowest BCUT2D eigenvalue weighted by atomic mass is 10.1. The molecule has 0 aliphatic carbocycles. The molecule has 0 saturated carbocycles. The molecule has 0 radical (unpaired) electrons. The Kier molecular flexibility index (Phi) is 4.57. The van der Waals surface area contributed by atoms with Crippen LogP contribution in [0.25, 0.3) is 0 Å². The first-order valence-electron chi connectivity index (χ1n) is 6.35. The van der Waals surface area contributed by atoms with Crippen molar-refractivity contribution in [3.05, 3.63) is 54.1 Å². The van der Waals surface area contributed by atoms with Crippen LogP contribution in [0.5, 0.6) is 5.75 Å². The standard InChI is InChI=1S/C15H17N3O2/c1-2-20-14-10-6-5-9-13(14)17-12-8-4-3-7-11(12)15(19)18-16/h3-10,17H,2,16H2,1H3,(H,18,19). The van der Waals surface area contributed by atoms with Crippen LogP contribution in [0.4, 0.5) is 11.4 Å². The van der Waals surface area contributed by atoms with Gasteiger partial charge in [-0.2, -0.15) is 0 Å².